The minimum Gasteiger partial charge on any atom is -0.494 e. The maximum absolute atomic E-state index is 6.28. The number of rotatable bonds is 3. The second-order valence-corrected chi connectivity index (χ2v) is 4.58. The fourth-order valence-corrected chi connectivity index (χ4v) is 2.24. The van der Waals surface area contributed by atoms with E-state index in [1.807, 2.05) is 19.2 Å². The zero-order valence-electron chi connectivity index (χ0n) is 11.0. The molecule has 0 fully saturated rings. The van der Waals surface area contributed by atoms with Crippen LogP contribution in [0.25, 0.3) is 17.1 Å². The molecule has 0 atom stereocenters. The number of ether oxygens (including phenoxy) is 1. The molecule has 0 bridgehead atoms. The van der Waals surface area contributed by atoms with Gasteiger partial charge in [-0.3, -0.25) is 4.68 Å². The number of methoxy groups -OCH3 is 1. The second-order valence-electron chi connectivity index (χ2n) is 4.17. The Balaban J connectivity index is 2.25. The van der Waals surface area contributed by atoms with Crippen LogP contribution >= 0.6 is 11.6 Å². The highest BCUT2D eigenvalue weighted by molar-refractivity contribution is 6.32. The third-order valence-electron chi connectivity index (χ3n) is 2.86. The SMILES string of the molecule is COc1c(-c2ncn(C)n2)ccc(Cl)c1-n1cccn1. The molecule has 0 aliphatic carbocycles. The third-order valence-corrected chi connectivity index (χ3v) is 3.17. The quantitative estimate of drug-likeness (QED) is 0.742. The summed E-state index contributed by atoms with van der Waals surface area (Å²) in [4.78, 5) is 4.25. The molecule has 0 spiro atoms. The summed E-state index contributed by atoms with van der Waals surface area (Å²) in [6.07, 6.45) is 5.12. The predicted octanol–water partition coefficient (Wildman–Crippen LogP) is 2.33. The fourth-order valence-electron chi connectivity index (χ4n) is 2.01. The van der Waals surface area contributed by atoms with E-state index in [0.29, 0.717) is 22.3 Å². The average molecular weight is 290 g/mol. The van der Waals surface area contributed by atoms with E-state index in [9.17, 15) is 0 Å². The lowest BCUT2D eigenvalue weighted by Crippen LogP contribution is -2.02. The van der Waals surface area contributed by atoms with Gasteiger partial charge in [0.05, 0.1) is 17.7 Å². The first-order chi connectivity index (χ1) is 9.70. The molecule has 0 aliphatic heterocycles. The van der Waals surface area contributed by atoms with Crippen LogP contribution < -0.4 is 4.74 Å². The monoisotopic (exact) mass is 289 g/mol. The average Bonchev–Trinajstić information content (AvgIpc) is 3.09. The predicted molar refractivity (Wildman–Crippen MR) is 75.1 cm³/mol. The van der Waals surface area contributed by atoms with E-state index in [1.54, 1.807) is 41.3 Å². The third kappa shape index (κ3) is 2.04. The van der Waals surface area contributed by atoms with Gasteiger partial charge in [0.2, 0.25) is 0 Å². The van der Waals surface area contributed by atoms with Gasteiger partial charge >= 0.3 is 0 Å². The van der Waals surface area contributed by atoms with Gasteiger partial charge in [0, 0.05) is 19.4 Å². The normalized spacial score (nSPS) is 10.8. The minimum absolute atomic E-state index is 0.547. The summed E-state index contributed by atoms with van der Waals surface area (Å²) < 4.78 is 8.81. The Kier molecular flexibility index (Phi) is 3.15. The zero-order valence-corrected chi connectivity index (χ0v) is 11.7. The lowest BCUT2D eigenvalue weighted by Gasteiger charge is -2.13. The summed E-state index contributed by atoms with van der Waals surface area (Å²) in [6, 6.07) is 5.44. The summed E-state index contributed by atoms with van der Waals surface area (Å²) in [7, 11) is 3.40. The highest BCUT2D eigenvalue weighted by Gasteiger charge is 2.18. The highest BCUT2D eigenvalue weighted by atomic mass is 35.5. The van der Waals surface area contributed by atoms with E-state index >= 15 is 0 Å². The molecule has 1 aromatic carbocycles. The number of aryl methyl sites for hydroxylation is 1. The lowest BCUT2D eigenvalue weighted by molar-refractivity contribution is 0.413. The molecule has 102 valence electrons. The van der Waals surface area contributed by atoms with E-state index in [4.69, 9.17) is 16.3 Å². The summed E-state index contributed by atoms with van der Waals surface area (Å²) >= 11 is 6.28. The van der Waals surface area contributed by atoms with Crippen LogP contribution in [0.3, 0.4) is 0 Å². The molecule has 0 amide bonds. The van der Waals surface area contributed by atoms with Crippen LogP contribution in [0.5, 0.6) is 5.75 Å². The van der Waals surface area contributed by atoms with Crippen LogP contribution in [-0.2, 0) is 7.05 Å². The molecule has 7 heteroatoms. The van der Waals surface area contributed by atoms with Crippen LogP contribution in [0.15, 0.2) is 36.9 Å². The molecule has 0 unspecified atom stereocenters. The molecule has 6 nitrogen and oxygen atoms in total. The van der Waals surface area contributed by atoms with Crippen LogP contribution in [0, 0.1) is 0 Å². The Labute approximate surface area is 120 Å². The number of aromatic nitrogens is 5. The first-order valence-corrected chi connectivity index (χ1v) is 6.31. The van der Waals surface area contributed by atoms with Gasteiger partial charge < -0.3 is 4.74 Å². The molecule has 0 N–H and O–H groups in total. The molecule has 2 heterocycles. The standard InChI is InChI=1S/C13H12ClN5O/c1-18-8-15-13(17-18)9-4-5-10(14)11(12(9)20-2)19-7-3-6-16-19/h3-8H,1-2H3. The fraction of sp³-hybridized carbons (Fsp3) is 0.154. The molecule has 20 heavy (non-hydrogen) atoms. The number of hydrogen-bond acceptors (Lipinski definition) is 4. The van der Waals surface area contributed by atoms with Gasteiger partial charge in [-0.1, -0.05) is 11.6 Å². The smallest absolute Gasteiger partial charge is 0.184 e. The van der Waals surface area contributed by atoms with Crippen molar-refractivity contribution >= 4 is 11.6 Å². The van der Waals surface area contributed by atoms with Crippen molar-refractivity contribution in [3.8, 4) is 22.8 Å². The van der Waals surface area contributed by atoms with Crippen LogP contribution in [0.1, 0.15) is 0 Å². The highest BCUT2D eigenvalue weighted by Crippen LogP contribution is 2.37. The zero-order chi connectivity index (χ0) is 14.1. The van der Waals surface area contributed by atoms with Gasteiger partial charge in [-0.2, -0.15) is 10.2 Å². The molecule has 0 saturated heterocycles. The second kappa shape index (κ2) is 4.97. The molecular formula is C13H12ClN5O. The molecule has 3 rings (SSSR count). The number of benzene rings is 1. The summed E-state index contributed by atoms with van der Waals surface area (Å²) in [6.45, 7) is 0. The van der Waals surface area contributed by atoms with Crippen molar-refractivity contribution < 1.29 is 4.74 Å². The largest absolute Gasteiger partial charge is 0.494 e. The van der Waals surface area contributed by atoms with Gasteiger partial charge in [0.1, 0.15) is 12.0 Å². The maximum atomic E-state index is 6.28. The minimum atomic E-state index is 0.547. The van der Waals surface area contributed by atoms with E-state index in [2.05, 4.69) is 15.2 Å². The Morgan fingerprint density at radius 2 is 2.15 bits per heavy atom. The van der Waals surface area contributed by atoms with Gasteiger partial charge in [-0.25, -0.2) is 9.67 Å². The maximum Gasteiger partial charge on any atom is 0.184 e. The Hall–Kier alpha value is -2.34. The molecular weight excluding hydrogens is 278 g/mol. The Bertz CT molecular complexity index is 735. The lowest BCUT2D eigenvalue weighted by atomic mass is 10.1. The van der Waals surface area contributed by atoms with E-state index in [0.717, 1.165) is 5.56 Å². The van der Waals surface area contributed by atoms with Crippen molar-refractivity contribution in [3.05, 3.63) is 41.9 Å². The summed E-state index contributed by atoms with van der Waals surface area (Å²) in [5.74, 6) is 1.17. The number of nitrogens with zero attached hydrogens (tertiary/aromatic N) is 5. The van der Waals surface area contributed by atoms with Crippen molar-refractivity contribution in [1.82, 2.24) is 24.5 Å². The van der Waals surface area contributed by atoms with Gasteiger partial charge in [0.15, 0.2) is 11.6 Å². The van der Waals surface area contributed by atoms with Gasteiger partial charge in [0.25, 0.3) is 0 Å². The molecule has 0 saturated carbocycles. The molecule has 0 radical (unpaired) electrons. The first-order valence-electron chi connectivity index (χ1n) is 5.93. The van der Waals surface area contributed by atoms with Crippen LogP contribution in [0.2, 0.25) is 5.02 Å². The van der Waals surface area contributed by atoms with Crippen molar-refractivity contribution in [3.63, 3.8) is 0 Å². The van der Waals surface area contributed by atoms with Crippen molar-refractivity contribution in [2.24, 2.45) is 7.05 Å². The van der Waals surface area contributed by atoms with Crippen molar-refractivity contribution in [2.45, 2.75) is 0 Å². The van der Waals surface area contributed by atoms with E-state index in [1.165, 1.54) is 0 Å². The van der Waals surface area contributed by atoms with Crippen molar-refractivity contribution in [2.75, 3.05) is 7.11 Å². The number of hydrogen-bond donors (Lipinski definition) is 0. The molecule has 2 aromatic heterocycles. The van der Waals surface area contributed by atoms with Crippen molar-refractivity contribution in [1.29, 1.82) is 0 Å². The van der Waals surface area contributed by atoms with Gasteiger partial charge in [-0.05, 0) is 18.2 Å². The Morgan fingerprint density at radius 1 is 1.30 bits per heavy atom. The van der Waals surface area contributed by atoms with E-state index in [-0.39, 0.29) is 0 Å². The van der Waals surface area contributed by atoms with Crippen LogP contribution in [-0.4, -0.2) is 31.7 Å². The molecule has 3 aromatic rings. The van der Waals surface area contributed by atoms with E-state index < -0.39 is 0 Å². The van der Waals surface area contributed by atoms with Gasteiger partial charge in [-0.15, -0.1) is 0 Å². The Morgan fingerprint density at radius 3 is 2.75 bits per heavy atom. The number of halogens is 1. The summed E-state index contributed by atoms with van der Waals surface area (Å²) in [5.41, 5.74) is 1.44. The topological polar surface area (TPSA) is 57.8 Å². The molecule has 0 aliphatic rings. The van der Waals surface area contributed by atoms with Crippen LogP contribution in [0.4, 0.5) is 0 Å². The summed E-state index contributed by atoms with van der Waals surface area (Å²) in [5, 5.41) is 9.04. The first kappa shape index (κ1) is 12.7.